The molecule has 164 valence electrons. The minimum absolute atomic E-state index is 0.0346. The van der Waals surface area contributed by atoms with Gasteiger partial charge in [0.25, 0.3) is 0 Å². The average Bonchev–Trinajstić information content (AvgIpc) is 2.84. The van der Waals surface area contributed by atoms with Gasteiger partial charge in [0.05, 0.1) is 6.42 Å². The van der Waals surface area contributed by atoms with E-state index in [-0.39, 0.29) is 11.7 Å². The largest absolute Gasteiger partial charge is 0.508 e. The second-order valence-electron chi connectivity index (χ2n) is 7.75. The lowest BCUT2D eigenvalue weighted by molar-refractivity contribution is -0.120. The Bertz CT molecular complexity index is 1260. The van der Waals surface area contributed by atoms with Crippen molar-refractivity contribution < 1.29 is 9.90 Å². The highest BCUT2D eigenvalue weighted by molar-refractivity contribution is 6.30. The number of rotatable bonds is 7. The predicted octanol–water partition coefficient (Wildman–Crippen LogP) is 6.74. The Hall–Kier alpha value is -3.82. The molecule has 0 saturated carbocycles. The summed E-state index contributed by atoms with van der Waals surface area (Å²) in [5.74, 6) is 0.215. The van der Waals surface area contributed by atoms with Crippen LogP contribution in [0, 0.1) is 0 Å². The fourth-order valence-electron chi connectivity index (χ4n) is 3.64. The predicted molar refractivity (Wildman–Crippen MR) is 136 cm³/mol. The molecule has 0 heterocycles. The molecular formula is C29H24ClNO2. The van der Waals surface area contributed by atoms with Crippen molar-refractivity contribution in [2.24, 2.45) is 0 Å². The molecule has 3 nitrogen and oxygen atoms in total. The Kier molecular flexibility index (Phi) is 7.23. The molecular weight excluding hydrogens is 430 g/mol. The number of phenols is 1. The molecule has 0 atom stereocenters. The molecule has 0 saturated heterocycles. The van der Waals surface area contributed by atoms with E-state index in [9.17, 15) is 9.90 Å². The van der Waals surface area contributed by atoms with Gasteiger partial charge in [0, 0.05) is 11.6 Å². The number of hydrogen-bond acceptors (Lipinski definition) is 2. The lowest BCUT2D eigenvalue weighted by Gasteiger charge is -2.13. The third-order valence-electron chi connectivity index (χ3n) is 5.37. The summed E-state index contributed by atoms with van der Waals surface area (Å²) in [4.78, 5) is 12.5. The van der Waals surface area contributed by atoms with Crippen LogP contribution < -0.4 is 5.32 Å². The summed E-state index contributed by atoms with van der Waals surface area (Å²) < 4.78 is 0. The van der Waals surface area contributed by atoms with Gasteiger partial charge in [-0.2, -0.15) is 0 Å². The molecule has 0 aliphatic heterocycles. The molecule has 4 aromatic carbocycles. The summed E-state index contributed by atoms with van der Waals surface area (Å²) in [6, 6.07) is 30.7. The van der Waals surface area contributed by atoms with E-state index >= 15 is 0 Å². The highest BCUT2D eigenvalue weighted by atomic mass is 35.5. The molecule has 0 unspecified atom stereocenters. The van der Waals surface area contributed by atoms with Crippen molar-refractivity contribution in [2.75, 3.05) is 0 Å². The molecule has 2 N–H and O–H groups in total. The van der Waals surface area contributed by atoms with Gasteiger partial charge in [0.15, 0.2) is 0 Å². The van der Waals surface area contributed by atoms with E-state index in [0.29, 0.717) is 18.0 Å². The number of carbonyl (C=O) groups excluding carboxylic acids is 1. The van der Waals surface area contributed by atoms with Crippen molar-refractivity contribution in [3.05, 3.63) is 124 Å². The zero-order valence-corrected chi connectivity index (χ0v) is 18.8. The lowest BCUT2D eigenvalue weighted by Crippen LogP contribution is -2.24. The molecule has 0 fully saturated rings. The van der Waals surface area contributed by atoms with Crippen molar-refractivity contribution in [1.29, 1.82) is 0 Å². The van der Waals surface area contributed by atoms with Crippen LogP contribution in [0.25, 0.3) is 23.3 Å². The van der Waals surface area contributed by atoms with E-state index in [0.717, 1.165) is 33.4 Å². The normalized spacial score (nSPS) is 10.9. The summed E-state index contributed by atoms with van der Waals surface area (Å²) in [6.45, 7) is 0.443. The Morgan fingerprint density at radius 3 is 2.21 bits per heavy atom. The number of benzene rings is 4. The first kappa shape index (κ1) is 22.4. The van der Waals surface area contributed by atoms with Crippen molar-refractivity contribution in [1.82, 2.24) is 5.32 Å². The van der Waals surface area contributed by atoms with Crippen molar-refractivity contribution in [3.63, 3.8) is 0 Å². The van der Waals surface area contributed by atoms with Gasteiger partial charge in [-0.25, -0.2) is 0 Å². The van der Waals surface area contributed by atoms with E-state index in [1.807, 2.05) is 60.7 Å². The quantitative estimate of drug-likeness (QED) is 0.304. The van der Waals surface area contributed by atoms with E-state index in [1.54, 1.807) is 24.3 Å². The number of aromatic hydroxyl groups is 1. The lowest BCUT2D eigenvalue weighted by atomic mass is 9.94. The Balaban J connectivity index is 1.52. The van der Waals surface area contributed by atoms with Crippen LogP contribution >= 0.6 is 11.6 Å². The second kappa shape index (κ2) is 10.7. The van der Waals surface area contributed by atoms with Crippen LogP contribution in [0.4, 0.5) is 0 Å². The van der Waals surface area contributed by atoms with Gasteiger partial charge in [-0.3, -0.25) is 4.79 Å². The molecule has 4 heteroatoms. The fraction of sp³-hybridized carbons (Fsp3) is 0.0690. The molecule has 4 rings (SSSR count). The van der Waals surface area contributed by atoms with Crippen molar-refractivity contribution in [3.8, 4) is 16.9 Å². The van der Waals surface area contributed by atoms with Gasteiger partial charge in [0.2, 0.25) is 5.91 Å². The minimum atomic E-state index is -0.0346. The summed E-state index contributed by atoms with van der Waals surface area (Å²) in [5.41, 5.74) is 6.23. The molecule has 0 aliphatic rings. The number of nitrogens with one attached hydrogen (secondary N) is 1. The van der Waals surface area contributed by atoms with E-state index < -0.39 is 0 Å². The summed E-state index contributed by atoms with van der Waals surface area (Å²) in [7, 11) is 0. The maximum Gasteiger partial charge on any atom is 0.224 e. The zero-order chi connectivity index (χ0) is 23.0. The van der Waals surface area contributed by atoms with Crippen LogP contribution in [-0.4, -0.2) is 11.0 Å². The van der Waals surface area contributed by atoms with Gasteiger partial charge >= 0.3 is 0 Å². The van der Waals surface area contributed by atoms with E-state index in [1.165, 1.54) is 0 Å². The van der Waals surface area contributed by atoms with Gasteiger partial charge in [0.1, 0.15) is 5.75 Å². The van der Waals surface area contributed by atoms with Crippen LogP contribution in [0.5, 0.6) is 5.75 Å². The molecule has 0 radical (unpaired) electrons. The van der Waals surface area contributed by atoms with Gasteiger partial charge in [-0.15, -0.1) is 0 Å². The number of halogens is 1. The number of phenolic OH excluding ortho intramolecular Hbond substituents is 1. The second-order valence-corrected chi connectivity index (χ2v) is 8.19. The molecule has 1 amide bonds. The highest BCUT2D eigenvalue weighted by Crippen LogP contribution is 2.28. The molecule has 0 bridgehead atoms. The zero-order valence-electron chi connectivity index (χ0n) is 18.0. The van der Waals surface area contributed by atoms with Crippen LogP contribution in [0.3, 0.4) is 0 Å². The van der Waals surface area contributed by atoms with Crippen LogP contribution in [-0.2, 0) is 17.8 Å². The van der Waals surface area contributed by atoms with E-state index in [4.69, 9.17) is 11.6 Å². The average molecular weight is 454 g/mol. The van der Waals surface area contributed by atoms with Crippen LogP contribution in [0.15, 0.2) is 97.1 Å². The third kappa shape index (κ3) is 6.12. The van der Waals surface area contributed by atoms with Gasteiger partial charge in [-0.05, 0) is 57.6 Å². The summed E-state index contributed by atoms with van der Waals surface area (Å²) in [5, 5.41) is 13.2. The van der Waals surface area contributed by atoms with Crippen molar-refractivity contribution in [2.45, 2.75) is 13.0 Å². The van der Waals surface area contributed by atoms with Crippen LogP contribution in [0.2, 0.25) is 5.02 Å². The maximum atomic E-state index is 12.5. The number of amides is 1. The topological polar surface area (TPSA) is 49.3 Å². The van der Waals surface area contributed by atoms with Crippen molar-refractivity contribution >= 4 is 29.7 Å². The maximum absolute atomic E-state index is 12.5. The molecule has 0 aliphatic carbocycles. The first-order chi connectivity index (χ1) is 16.1. The fourth-order valence-corrected chi connectivity index (χ4v) is 3.77. The Morgan fingerprint density at radius 2 is 1.45 bits per heavy atom. The first-order valence-electron chi connectivity index (χ1n) is 10.7. The summed E-state index contributed by atoms with van der Waals surface area (Å²) in [6.07, 6.45) is 4.40. The molecule has 4 aromatic rings. The number of carbonyl (C=O) groups is 1. The third-order valence-corrected chi connectivity index (χ3v) is 5.62. The summed E-state index contributed by atoms with van der Waals surface area (Å²) >= 11 is 5.93. The Morgan fingerprint density at radius 1 is 0.788 bits per heavy atom. The van der Waals surface area contributed by atoms with Gasteiger partial charge < -0.3 is 10.4 Å². The smallest absolute Gasteiger partial charge is 0.224 e. The van der Waals surface area contributed by atoms with E-state index in [2.05, 4.69) is 29.6 Å². The monoisotopic (exact) mass is 453 g/mol. The Labute approximate surface area is 199 Å². The molecule has 0 aromatic heterocycles. The molecule has 0 spiro atoms. The minimum Gasteiger partial charge on any atom is -0.508 e. The standard InChI is InChI=1S/C29H24ClNO2/c30-25-15-10-22(11-16-25)19-29(33)31-20-24-6-2-4-8-28(24)27-7-3-1-5-23(27)14-9-21-12-17-26(32)18-13-21/h1-18,32H,19-20H2,(H,31,33)/b14-9+. The van der Waals surface area contributed by atoms with Gasteiger partial charge in [-0.1, -0.05) is 96.5 Å². The molecule has 33 heavy (non-hydrogen) atoms. The highest BCUT2D eigenvalue weighted by Gasteiger charge is 2.10. The first-order valence-corrected chi connectivity index (χ1v) is 11.1. The number of hydrogen-bond donors (Lipinski definition) is 2. The SMILES string of the molecule is O=C(Cc1ccc(Cl)cc1)NCc1ccccc1-c1ccccc1/C=C/c1ccc(O)cc1. The van der Waals surface area contributed by atoms with Crippen LogP contribution in [0.1, 0.15) is 22.3 Å².